The number of nitrogens with zero attached hydrogens (tertiary/aromatic N) is 2. The summed E-state index contributed by atoms with van der Waals surface area (Å²) in [6.45, 7) is 4.29. The van der Waals surface area contributed by atoms with E-state index in [1.165, 1.54) is 9.80 Å². The van der Waals surface area contributed by atoms with Crippen molar-refractivity contribution in [3.63, 3.8) is 0 Å². The number of anilines is 1. The van der Waals surface area contributed by atoms with Gasteiger partial charge < -0.3 is 15.5 Å². The van der Waals surface area contributed by atoms with Gasteiger partial charge in [-0.3, -0.25) is 9.59 Å². The molecule has 0 radical (unpaired) electrons. The van der Waals surface area contributed by atoms with E-state index in [4.69, 9.17) is 5.73 Å². The molecule has 0 unspecified atom stereocenters. The lowest BCUT2D eigenvalue weighted by molar-refractivity contribution is -0.129. The summed E-state index contributed by atoms with van der Waals surface area (Å²) in [5.41, 5.74) is 7.74. The van der Waals surface area contributed by atoms with E-state index in [-0.39, 0.29) is 18.4 Å². The molecular weight excluding hydrogens is 242 g/mol. The number of amides is 2. The number of likely N-dealkylation sites (N-methyl/N-ethyl adjacent to an activating group) is 2. The first-order valence-electron chi connectivity index (χ1n) is 6.21. The predicted molar refractivity (Wildman–Crippen MR) is 75.9 cm³/mol. The molecule has 0 fully saturated rings. The van der Waals surface area contributed by atoms with Crippen LogP contribution < -0.4 is 5.73 Å². The molecule has 19 heavy (non-hydrogen) atoms. The molecule has 104 valence electrons. The Morgan fingerprint density at radius 3 is 2.32 bits per heavy atom. The summed E-state index contributed by atoms with van der Waals surface area (Å²) < 4.78 is 0. The minimum Gasteiger partial charge on any atom is -0.399 e. The maximum absolute atomic E-state index is 12.3. The molecule has 0 aliphatic carbocycles. The standard InChI is InChI=1S/C14H21N3O2/c1-5-17(9-13(18)16(3)4)14(19)11-6-10(2)7-12(15)8-11/h6-8H,5,9,15H2,1-4H3. The molecular formula is C14H21N3O2. The molecule has 5 heteroatoms. The highest BCUT2D eigenvalue weighted by Crippen LogP contribution is 2.13. The molecule has 2 amide bonds. The third-order valence-corrected chi connectivity index (χ3v) is 2.84. The second kappa shape index (κ2) is 6.22. The molecule has 0 aliphatic rings. The lowest BCUT2D eigenvalue weighted by Gasteiger charge is -2.22. The zero-order valence-electron chi connectivity index (χ0n) is 11.9. The fraction of sp³-hybridized carbons (Fsp3) is 0.429. The van der Waals surface area contributed by atoms with Crippen LogP contribution in [0.4, 0.5) is 5.69 Å². The summed E-state index contributed by atoms with van der Waals surface area (Å²) in [5.74, 6) is -0.274. The van der Waals surface area contributed by atoms with Gasteiger partial charge in [0.25, 0.3) is 5.91 Å². The quantitative estimate of drug-likeness (QED) is 0.828. The number of hydrogen-bond acceptors (Lipinski definition) is 3. The maximum Gasteiger partial charge on any atom is 0.254 e. The molecule has 1 aromatic rings. The monoisotopic (exact) mass is 263 g/mol. The summed E-state index contributed by atoms with van der Waals surface area (Å²) in [5, 5.41) is 0. The minimum absolute atomic E-state index is 0.0795. The second-order valence-electron chi connectivity index (χ2n) is 4.74. The van der Waals surface area contributed by atoms with Crippen LogP contribution in [-0.4, -0.2) is 48.8 Å². The van der Waals surface area contributed by atoms with Crippen molar-refractivity contribution < 1.29 is 9.59 Å². The smallest absolute Gasteiger partial charge is 0.254 e. The molecule has 0 bridgehead atoms. The molecule has 0 atom stereocenters. The van der Waals surface area contributed by atoms with E-state index >= 15 is 0 Å². The Bertz CT molecular complexity index is 463. The summed E-state index contributed by atoms with van der Waals surface area (Å²) >= 11 is 0. The Morgan fingerprint density at radius 1 is 1.21 bits per heavy atom. The van der Waals surface area contributed by atoms with Gasteiger partial charge in [-0.15, -0.1) is 0 Å². The van der Waals surface area contributed by atoms with Crippen LogP contribution in [0.2, 0.25) is 0 Å². The van der Waals surface area contributed by atoms with Crippen LogP contribution in [-0.2, 0) is 4.79 Å². The zero-order chi connectivity index (χ0) is 14.6. The summed E-state index contributed by atoms with van der Waals surface area (Å²) in [4.78, 5) is 27.0. The minimum atomic E-state index is -0.173. The predicted octanol–water partition coefficient (Wildman–Crippen LogP) is 1.13. The third kappa shape index (κ3) is 3.98. The Balaban J connectivity index is 2.92. The highest BCUT2D eigenvalue weighted by Gasteiger charge is 2.18. The van der Waals surface area contributed by atoms with E-state index in [1.807, 2.05) is 13.8 Å². The molecule has 1 rings (SSSR count). The fourth-order valence-electron chi connectivity index (χ4n) is 1.75. The SMILES string of the molecule is CCN(CC(=O)N(C)C)C(=O)c1cc(C)cc(N)c1. The van der Waals surface area contributed by atoms with Crippen molar-refractivity contribution in [2.75, 3.05) is 32.9 Å². The Kier molecular flexibility index (Phi) is 4.92. The molecule has 0 heterocycles. The molecule has 2 N–H and O–H groups in total. The van der Waals surface area contributed by atoms with Crippen molar-refractivity contribution in [1.82, 2.24) is 9.80 Å². The van der Waals surface area contributed by atoms with Crippen LogP contribution in [0.1, 0.15) is 22.8 Å². The van der Waals surface area contributed by atoms with Crippen molar-refractivity contribution in [3.8, 4) is 0 Å². The number of hydrogen-bond donors (Lipinski definition) is 1. The van der Waals surface area contributed by atoms with Crippen LogP contribution in [0.3, 0.4) is 0 Å². The van der Waals surface area contributed by atoms with Gasteiger partial charge in [0.2, 0.25) is 5.91 Å². The number of carbonyl (C=O) groups is 2. The first-order valence-corrected chi connectivity index (χ1v) is 6.21. The Labute approximate surface area is 114 Å². The van der Waals surface area contributed by atoms with Gasteiger partial charge in [-0.2, -0.15) is 0 Å². The Morgan fingerprint density at radius 2 is 1.84 bits per heavy atom. The van der Waals surface area contributed by atoms with Gasteiger partial charge in [0.15, 0.2) is 0 Å². The summed E-state index contributed by atoms with van der Waals surface area (Å²) in [7, 11) is 3.34. The molecule has 1 aromatic carbocycles. The van der Waals surface area contributed by atoms with Crippen molar-refractivity contribution in [1.29, 1.82) is 0 Å². The van der Waals surface area contributed by atoms with Crippen molar-refractivity contribution in [2.45, 2.75) is 13.8 Å². The zero-order valence-corrected chi connectivity index (χ0v) is 11.9. The normalized spacial score (nSPS) is 10.1. The van der Waals surface area contributed by atoms with Gasteiger partial charge in [-0.05, 0) is 37.6 Å². The van der Waals surface area contributed by atoms with Crippen LogP contribution in [0, 0.1) is 6.92 Å². The van der Waals surface area contributed by atoms with E-state index in [2.05, 4.69) is 0 Å². The third-order valence-electron chi connectivity index (χ3n) is 2.84. The van der Waals surface area contributed by atoms with E-state index in [1.54, 1.807) is 32.3 Å². The number of benzene rings is 1. The van der Waals surface area contributed by atoms with E-state index in [9.17, 15) is 9.59 Å². The summed E-state index contributed by atoms with van der Waals surface area (Å²) in [6.07, 6.45) is 0. The molecule has 0 aromatic heterocycles. The topological polar surface area (TPSA) is 66.6 Å². The molecule has 0 aliphatic heterocycles. The lowest BCUT2D eigenvalue weighted by Crippen LogP contribution is -2.40. The molecule has 0 saturated heterocycles. The van der Waals surface area contributed by atoms with E-state index < -0.39 is 0 Å². The molecule has 0 saturated carbocycles. The number of nitrogen functional groups attached to an aromatic ring is 1. The van der Waals surface area contributed by atoms with Crippen LogP contribution in [0.25, 0.3) is 0 Å². The first-order chi connectivity index (χ1) is 8.85. The lowest BCUT2D eigenvalue weighted by atomic mass is 10.1. The second-order valence-corrected chi connectivity index (χ2v) is 4.74. The van der Waals surface area contributed by atoms with E-state index in [0.717, 1.165) is 5.56 Å². The average Bonchev–Trinajstić information content (AvgIpc) is 2.33. The molecule has 5 nitrogen and oxygen atoms in total. The van der Waals surface area contributed by atoms with Crippen LogP contribution >= 0.6 is 0 Å². The van der Waals surface area contributed by atoms with E-state index in [0.29, 0.717) is 17.8 Å². The number of aryl methyl sites for hydroxylation is 1. The fourth-order valence-corrected chi connectivity index (χ4v) is 1.75. The van der Waals surface area contributed by atoms with Gasteiger partial charge in [-0.25, -0.2) is 0 Å². The van der Waals surface area contributed by atoms with Crippen LogP contribution in [0.5, 0.6) is 0 Å². The average molecular weight is 263 g/mol. The van der Waals surface area contributed by atoms with Gasteiger partial charge >= 0.3 is 0 Å². The number of rotatable bonds is 4. The van der Waals surface area contributed by atoms with Gasteiger partial charge in [0, 0.05) is 31.9 Å². The Hall–Kier alpha value is -2.04. The van der Waals surface area contributed by atoms with Crippen LogP contribution in [0.15, 0.2) is 18.2 Å². The van der Waals surface area contributed by atoms with Crippen molar-refractivity contribution in [2.24, 2.45) is 0 Å². The number of nitrogens with two attached hydrogens (primary N) is 1. The summed E-state index contributed by atoms with van der Waals surface area (Å²) in [6, 6.07) is 5.22. The largest absolute Gasteiger partial charge is 0.399 e. The maximum atomic E-state index is 12.3. The first kappa shape index (κ1) is 15.0. The number of carbonyl (C=O) groups excluding carboxylic acids is 2. The van der Waals surface area contributed by atoms with Crippen molar-refractivity contribution >= 4 is 17.5 Å². The highest BCUT2D eigenvalue weighted by atomic mass is 16.2. The molecule has 0 spiro atoms. The van der Waals surface area contributed by atoms with Gasteiger partial charge in [0.1, 0.15) is 0 Å². The van der Waals surface area contributed by atoms with Crippen molar-refractivity contribution in [3.05, 3.63) is 29.3 Å². The highest BCUT2D eigenvalue weighted by molar-refractivity contribution is 5.97. The van der Waals surface area contributed by atoms with Gasteiger partial charge in [-0.1, -0.05) is 0 Å². The van der Waals surface area contributed by atoms with Gasteiger partial charge in [0.05, 0.1) is 6.54 Å².